The van der Waals surface area contributed by atoms with Gasteiger partial charge in [-0.25, -0.2) is 0 Å². The molecule has 130 valence electrons. The molecule has 1 aliphatic rings. The fourth-order valence-corrected chi connectivity index (χ4v) is 4.48. The monoisotopic (exact) mass is 395 g/mol. The average Bonchev–Trinajstić information content (AvgIpc) is 3.21. The minimum absolute atomic E-state index is 0.0489. The predicted molar refractivity (Wildman–Crippen MR) is 101 cm³/mol. The number of H-pyrrole nitrogens is 1. The molecule has 2 aromatic heterocycles. The number of fused-ring (bicyclic) bond motifs is 3. The van der Waals surface area contributed by atoms with Crippen LogP contribution in [-0.4, -0.2) is 34.5 Å². The lowest BCUT2D eigenvalue weighted by atomic mass is 10.2. The lowest BCUT2D eigenvalue weighted by Gasteiger charge is -2.10. The summed E-state index contributed by atoms with van der Waals surface area (Å²) in [5.41, 5.74) is 0.723. The Bertz CT molecular complexity index is 1100. The van der Waals surface area contributed by atoms with E-state index in [0.717, 1.165) is 19.4 Å². The van der Waals surface area contributed by atoms with Crippen molar-refractivity contribution in [1.29, 1.82) is 0 Å². The minimum Gasteiger partial charge on any atom is -0.376 e. The highest BCUT2D eigenvalue weighted by Crippen LogP contribution is 2.24. The molecule has 0 saturated carbocycles. The van der Waals surface area contributed by atoms with Crippen LogP contribution in [0.15, 0.2) is 23.0 Å². The molecule has 9 heteroatoms. The molecule has 0 aliphatic carbocycles. The lowest BCUT2D eigenvalue weighted by molar-refractivity contribution is 0.0862. The van der Waals surface area contributed by atoms with E-state index in [9.17, 15) is 9.59 Å². The van der Waals surface area contributed by atoms with Crippen molar-refractivity contribution in [3.63, 3.8) is 0 Å². The van der Waals surface area contributed by atoms with Crippen LogP contribution in [0.5, 0.6) is 0 Å². The van der Waals surface area contributed by atoms with E-state index in [1.54, 1.807) is 22.6 Å². The molecule has 6 nitrogen and oxygen atoms in total. The van der Waals surface area contributed by atoms with Gasteiger partial charge < -0.3 is 15.0 Å². The Morgan fingerprint density at radius 2 is 2.36 bits per heavy atom. The van der Waals surface area contributed by atoms with Gasteiger partial charge >= 0.3 is 0 Å². The highest BCUT2D eigenvalue weighted by molar-refractivity contribution is 7.73. The first kappa shape index (κ1) is 16.7. The van der Waals surface area contributed by atoms with E-state index in [1.165, 1.54) is 11.3 Å². The van der Waals surface area contributed by atoms with Gasteiger partial charge in [-0.2, -0.15) is 0 Å². The van der Waals surface area contributed by atoms with Crippen molar-refractivity contribution >= 4 is 57.6 Å². The van der Waals surface area contributed by atoms with Gasteiger partial charge in [0.2, 0.25) is 0 Å². The number of carbonyl (C=O) groups excluding carboxylic acids is 1. The van der Waals surface area contributed by atoms with Crippen LogP contribution in [0.25, 0.3) is 16.6 Å². The number of nitrogens with one attached hydrogen (secondary N) is 2. The summed E-state index contributed by atoms with van der Waals surface area (Å²) < 4.78 is 7.70. The maximum absolute atomic E-state index is 12.6. The van der Waals surface area contributed by atoms with Gasteiger partial charge in [0, 0.05) is 18.2 Å². The Balaban J connectivity index is 1.79. The maximum Gasteiger partial charge on any atom is 0.265 e. The molecular formula is C16H14ClN3O3S2. The zero-order chi connectivity index (χ0) is 17.6. The van der Waals surface area contributed by atoms with Crippen molar-refractivity contribution in [2.45, 2.75) is 18.9 Å². The number of halogens is 1. The second-order valence-electron chi connectivity index (χ2n) is 5.84. The molecule has 1 fully saturated rings. The summed E-state index contributed by atoms with van der Waals surface area (Å²) in [5, 5.41) is 3.76. The SMILES string of the molecule is O=C(NCC1CCCO1)c1sc(=S)n2c1[nH]c(=O)c1cc(Cl)ccc12. The topological polar surface area (TPSA) is 75.6 Å². The molecule has 4 rings (SSSR count). The van der Waals surface area contributed by atoms with Crippen molar-refractivity contribution in [3.05, 3.63) is 42.4 Å². The number of thiazole rings is 1. The van der Waals surface area contributed by atoms with E-state index >= 15 is 0 Å². The molecule has 2 N–H and O–H groups in total. The molecule has 1 amide bonds. The normalized spacial score (nSPS) is 17.4. The third-order valence-electron chi connectivity index (χ3n) is 4.21. The Labute approximate surface area is 156 Å². The summed E-state index contributed by atoms with van der Waals surface area (Å²) in [7, 11) is 0. The second-order valence-corrected chi connectivity index (χ2v) is 7.92. The number of rotatable bonds is 3. The Hall–Kier alpha value is -1.74. The molecule has 3 heterocycles. The zero-order valence-corrected chi connectivity index (χ0v) is 15.4. The number of nitrogens with zero attached hydrogens (tertiary/aromatic N) is 1. The van der Waals surface area contributed by atoms with Crippen LogP contribution < -0.4 is 10.9 Å². The highest BCUT2D eigenvalue weighted by atomic mass is 35.5. The Morgan fingerprint density at radius 1 is 1.52 bits per heavy atom. The molecule has 25 heavy (non-hydrogen) atoms. The van der Waals surface area contributed by atoms with Gasteiger partial charge in [0.1, 0.15) is 10.5 Å². The van der Waals surface area contributed by atoms with Gasteiger partial charge in [-0.05, 0) is 43.3 Å². The van der Waals surface area contributed by atoms with E-state index in [4.69, 9.17) is 28.6 Å². The van der Waals surface area contributed by atoms with E-state index in [-0.39, 0.29) is 17.6 Å². The zero-order valence-electron chi connectivity index (χ0n) is 13.0. The average molecular weight is 396 g/mol. The van der Waals surface area contributed by atoms with Gasteiger partial charge in [-0.1, -0.05) is 22.9 Å². The molecule has 1 aromatic carbocycles. The van der Waals surface area contributed by atoms with Crippen LogP contribution in [-0.2, 0) is 4.74 Å². The van der Waals surface area contributed by atoms with Gasteiger partial charge in [0.05, 0.1) is 17.0 Å². The first-order chi connectivity index (χ1) is 12.0. The van der Waals surface area contributed by atoms with Gasteiger partial charge in [-0.15, -0.1) is 0 Å². The number of hydrogen-bond donors (Lipinski definition) is 2. The van der Waals surface area contributed by atoms with Crippen molar-refractivity contribution in [3.8, 4) is 0 Å². The van der Waals surface area contributed by atoms with Crippen LogP contribution in [0.2, 0.25) is 5.02 Å². The van der Waals surface area contributed by atoms with Crippen LogP contribution >= 0.6 is 35.2 Å². The summed E-state index contributed by atoms with van der Waals surface area (Å²) in [5.74, 6) is -0.266. The number of carbonyl (C=O) groups is 1. The van der Waals surface area contributed by atoms with E-state index < -0.39 is 0 Å². The molecular weight excluding hydrogens is 382 g/mol. The van der Waals surface area contributed by atoms with E-state index in [1.807, 2.05) is 0 Å². The first-order valence-electron chi connectivity index (χ1n) is 7.81. The quantitative estimate of drug-likeness (QED) is 0.668. The number of aromatic nitrogens is 2. The highest BCUT2D eigenvalue weighted by Gasteiger charge is 2.21. The largest absolute Gasteiger partial charge is 0.376 e. The van der Waals surface area contributed by atoms with Crippen molar-refractivity contribution in [2.75, 3.05) is 13.2 Å². The van der Waals surface area contributed by atoms with Crippen LogP contribution in [0.4, 0.5) is 0 Å². The first-order valence-corrected chi connectivity index (χ1v) is 9.42. The number of amides is 1. The molecule has 0 bridgehead atoms. The summed E-state index contributed by atoms with van der Waals surface area (Å²) in [4.78, 5) is 28.1. The molecule has 0 spiro atoms. The number of ether oxygens (including phenoxy) is 1. The van der Waals surface area contributed by atoms with Crippen LogP contribution in [0.3, 0.4) is 0 Å². The Kier molecular flexibility index (Phi) is 4.36. The number of aromatic amines is 1. The van der Waals surface area contributed by atoms with Crippen molar-refractivity contribution in [2.24, 2.45) is 0 Å². The smallest absolute Gasteiger partial charge is 0.265 e. The summed E-state index contributed by atoms with van der Waals surface area (Å²) in [6.45, 7) is 1.18. The third kappa shape index (κ3) is 2.99. The minimum atomic E-state index is -0.307. The molecule has 3 aromatic rings. The summed E-state index contributed by atoms with van der Waals surface area (Å²) in [6.07, 6.45) is 2.00. The van der Waals surface area contributed by atoms with Crippen LogP contribution in [0.1, 0.15) is 22.5 Å². The Morgan fingerprint density at radius 3 is 3.12 bits per heavy atom. The fraction of sp³-hybridized carbons (Fsp3) is 0.312. The lowest BCUT2D eigenvalue weighted by Crippen LogP contribution is -2.31. The predicted octanol–water partition coefficient (Wildman–Crippen LogP) is 3.13. The van der Waals surface area contributed by atoms with E-state index in [2.05, 4.69) is 10.3 Å². The van der Waals surface area contributed by atoms with Crippen molar-refractivity contribution < 1.29 is 9.53 Å². The van der Waals surface area contributed by atoms with Crippen molar-refractivity contribution in [1.82, 2.24) is 14.7 Å². The molecule has 1 unspecified atom stereocenters. The molecule has 1 aliphatic heterocycles. The fourth-order valence-electron chi connectivity index (χ4n) is 3.01. The summed E-state index contributed by atoms with van der Waals surface area (Å²) in [6, 6.07) is 5.02. The summed E-state index contributed by atoms with van der Waals surface area (Å²) >= 11 is 12.6. The standard InChI is InChI=1S/C16H14ClN3O3S2/c17-8-3-4-11-10(6-8)14(21)19-13-12(25-16(24)20(11)13)15(22)18-7-9-2-1-5-23-9/h3-4,6,9H,1-2,5,7H2,(H,18,22)(H,19,21). The third-order valence-corrected chi connectivity index (χ3v) is 5.81. The number of hydrogen-bond acceptors (Lipinski definition) is 5. The maximum atomic E-state index is 12.6. The molecule has 1 saturated heterocycles. The second kappa shape index (κ2) is 6.53. The van der Waals surface area contributed by atoms with Crippen LogP contribution in [0, 0.1) is 3.95 Å². The molecule has 1 atom stereocenters. The number of benzene rings is 1. The van der Waals surface area contributed by atoms with Gasteiger partial charge in [0.15, 0.2) is 3.95 Å². The van der Waals surface area contributed by atoms with Gasteiger partial charge in [0.25, 0.3) is 11.5 Å². The molecule has 0 radical (unpaired) electrons. The van der Waals surface area contributed by atoms with Gasteiger partial charge in [-0.3, -0.25) is 14.0 Å². The van der Waals surface area contributed by atoms with E-state index in [0.29, 0.717) is 36.9 Å².